The van der Waals surface area contributed by atoms with Gasteiger partial charge in [-0.25, -0.2) is 0 Å². The minimum Gasteiger partial charge on any atom is -0.394 e. The molecule has 0 spiro atoms. The predicted molar refractivity (Wildman–Crippen MR) is 415 cm³/mol. The van der Waals surface area contributed by atoms with E-state index in [1.54, 1.807) is 6.08 Å². The number of aliphatic hydroxyl groups excluding tert-OH is 8. The second kappa shape index (κ2) is 69.0. The smallest absolute Gasteiger partial charge is 0.220 e. The van der Waals surface area contributed by atoms with Crippen molar-refractivity contribution in [3.63, 3.8) is 0 Å². The minimum absolute atomic E-state index is 0.236. The Morgan fingerprint density at radius 2 is 0.690 bits per heavy atom. The molecule has 2 rings (SSSR count). The molecule has 2 saturated heterocycles. The third-order valence-corrected chi connectivity index (χ3v) is 19.8. The van der Waals surface area contributed by atoms with Crippen LogP contribution in [-0.4, -0.2) is 140 Å². The zero-order chi connectivity index (χ0) is 72.2. The second-order valence-corrected chi connectivity index (χ2v) is 28.9. The van der Waals surface area contributed by atoms with Crippen molar-refractivity contribution < 1.29 is 64.6 Å². The Hall–Kier alpha value is -3.09. The van der Waals surface area contributed by atoms with Crippen LogP contribution in [0, 0.1) is 0 Å². The number of hydrogen-bond acceptors (Lipinski definition) is 13. The van der Waals surface area contributed by atoms with E-state index in [4.69, 9.17) is 18.9 Å². The topological polar surface area (TPSA) is 228 Å². The minimum atomic E-state index is -1.79. The Morgan fingerprint density at radius 3 is 1.06 bits per heavy atom. The summed E-state index contributed by atoms with van der Waals surface area (Å²) in [6, 6.07) is -0.920. The third-order valence-electron chi connectivity index (χ3n) is 19.8. The fourth-order valence-electron chi connectivity index (χ4n) is 13.3. The van der Waals surface area contributed by atoms with E-state index in [1.807, 2.05) is 6.08 Å². The van der Waals surface area contributed by atoms with Gasteiger partial charge < -0.3 is 65.1 Å². The van der Waals surface area contributed by atoms with Crippen molar-refractivity contribution in [2.24, 2.45) is 0 Å². The van der Waals surface area contributed by atoms with Gasteiger partial charge in [0.25, 0.3) is 0 Å². The highest BCUT2D eigenvalue weighted by Gasteiger charge is 2.51. The number of aliphatic hydroxyl groups is 8. The molecule has 12 atom stereocenters. The first kappa shape index (κ1) is 93.0. The lowest BCUT2D eigenvalue weighted by atomic mass is 9.97. The van der Waals surface area contributed by atoms with Gasteiger partial charge in [-0.1, -0.05) is 361 Å². The van der Waals surface area contributed by atoms with Gasteiger partial charge in [0.15, 0.2) is 12.6 Å². The number of rotatable bonds is 69. The summed E-state index contributed by atoms with van der Waals surface area (Å²) in [5, 5.41) is 87.8. The van der Waals surface area contributed by atoms with Crippen LogP contribution in [0.1, 0.15) is 348 Å². The highest BCUT2D eigenvalue weighted by Crippen LogP contribution is 2.30. The lowest BCUT2D eigenvalue weighted by Crippen LogP contribution is -2.65. The summed E-state index contributed by atoms with van der Waals surface area (Å²) in [7, 11) is 0. The Balaban J connectivity index is 1.60. The van der Waals surface area contributed by atoms with Crippen LogP contribution in [0.25, 0.3) is 0 Å². The van der Waals surface area contributed by atoms with E-state index in [2.05, 4.69) is 104 Å². The maximum Gasteiger partial charge on any atom is 0.220 e. The SMILES string of the molecule is CC/C=C\C/C=C\C/C=C\C/C=C\C/C=C\C/C=C\C/C=C\CCCCCCCCCCCCCCCCCCCC(=O)NC(COC1OC(CO)C(OC2OC(CO)C(O)C(O)C2O)C(O)C1O)C(O)/C=C/CCCCCCCCCCCCCCCCCCCCCCCCCCC. The highest BCUT2D eigenvalue weighted by molar-refractivity contribution is 5.76. The molecule has 0 aromatic rings. The van der Waals surface area contributed by atoms with Gasteiger partial charge in [0.2, 0.25) is 5.91 Å². The molecule has 12 unspecified atom stereocenters. The number of hydrogen-bond donors (Lipinski definition) is 9. The number of unbranched alkanes of at least 4 members (excludes halogenated alkanes) is 42. The zero-order valence-electron chi connectivity index (χ0n) is 63.7. The van der Waals surface area contributed by atoms with Gasteiger partial charge in [-0.15, -0.1) is 0 Å². The lowest BCUT2D eigenvalue weighted by Gasteiger charge is -2.46. The average Bonchev–Trinajstić information content (AvgIpc) is 0.796. The summed E-state index contributed by atoms with van der Waals surface area (Å²) in [5.74, 6) is -0.236. The normalized spacial score (nSPS) is 22.3. The highest BCUT2D eigenvalue weighted by atomic mass is 16.7. The molecule has 2 fully saturated rings. The van der Waals surface area contributed by atoms with E-state index in [9.17, 15) is 45.6 Å². The van der Waals surface area contributed by atoms with E-state index < -0.39 is 86.8 Å². The van der Waals surface area contributed by atoms with Crippen LogP contribution in [0.5, 0.6) is 0 Å². The molecule has 2 aliphatic heterocycles. The number of carbonyl (C=O) groups excluding carboxylic acids is 1. The Kier molecular flexibility index (Phi) is 64.1. The second-order valence-electron chi connectivity index (χ2n) is 28.9. The number of ether oxygens (including phenoxy) is 4. The molecule has 0 aromatic heterocycles. The molecule has 1 amide bonds. The standard InChI is InChI=1S/C86H153NO13/c1-3-5-7-9-11-13-15-17-19-21-23-25-27-29-31-32-33-34-35-36-37-38-39-40-41-42-44-46-48-50-52-54-56-58-60-62-64-66-68-70-78(91)87-74(73-97-85-83(96)81(94)84(77(72-89)99-85)100-86-82(95)80(93)79(92)76(71-88)98-86)75(90)69-67-65-63-61-59-57-55-53-51-49-47-45-43-30-28-26-24-22-20-18-16-14-12-10-8-6-4-2/h5,7,11,13,17,19,23,25,29,31,33-34,36-37,67,69,74-77,79-86,88-90,92-96H,3-4,6,8-10,12,14-16,18,20-22,24,26-28,30,32,35,38-66,68,70-73H2,1-2H3,(H,87,91)/b7-5-,13-11-,19-17-,25-23-,31-29-,34-33-,37-36-,69-67+. The molecule has 14 heteroatoms. The van der Waals surface area contributed by atoms with Crippen molar-refractivity contribution in [3.05, 3.63) is 97.2 Å². The van der Waals surface area contributed by atoms with Gasteiger partial charge in [-0.2, -0.15) is 0 Å². The van der Waals surface area contributed by atoms with Crippen molar-refractivity contribution in [2.45, 2.75) is 421 Å². The summed E-state index contributed by atoms with van der Waals surface area (Å²) in [6.07, 6.45) is 82.0. The zero-order valence-corrected chi connectivity index (χ0v) is 63.7. The van der Waals surface area contributed by atoms with Crippen LogP contribution in [0.15, 0.2) is 97.2 Å². The molecular weight excluding hydrogens is 1250 g/mol. The van der Waals surface area contributed by atoms with Crippen LogP contribution < -0.4 is 5.32 Å². The van der Waals surface area contributed by atoms with E-state index >= 15 is 0 Å². The quantitative estimate of drug-likeness (QED) is 0.0204. The largest absolute Gasteiger partial charge is 0.394 e. The third kappa shape index (κ3) is 51.2. The summed E-state index contributed by atoms with van der Waals surface area (Å²) in [5.41, 5.74) is 0. The first-order valence-corrected chi connectivity index (χ1v) is 41.5. The summed E-state index contributed by atoms with van der Waals surface area (Å²) < 4.78 is 22.9. The van der Waals surface area contributed by atoms with Gasteiger partial charge in [0.1, 0.15) is 48.8 Å². The number of allylic oxidation sites excluding steroid dienone is 15. The molecule has 14 nitrogen and oxygen atoms in total. The van der Waals surface area contributed by atoms with E-state index in [0.717, 1.165) is 83.5 Å². The monoisotopic (exact) mass is 1410 g/mol. The van der Waals surface area contributed by atoms with Crippen LogP contribution in [0.4, 0.5) is 0 Å². The summed E-state index contributed by atoms with van der Waals surface area (Å²) in [4.78, 5) is 13.4. The van der Waals surface area contributed by atoms with Gasteiger partial charge in [0.05, 0.1) is 32.0 Å². The van der Waals surface area contributed by atoms with Crippen molar-refractivity contribution in [1.82, 2.24) is 5.32 Å². The molecular formula is C86H153NO13. The predicted octanol–water partition coefficient (Wildman–Crippen LogP) is 19.2. The first-order chi connectivity index (χ1) is 49.1. The van der Waals surface area contributed by atoms with Gasteiger partial charge in [0, 0.05) is 6.42 Å². The molecule has 2 aliphatic rings. The number of nitrogens with one attached hydrogen (secondary N) is 1. The molecule has 580 valence electrons. The van der Waals surface area contributed by atoms with Crippen LogP contribution in [0.2, 0.25) is 0 Å². The Bertz CT molecular complexity index is 2050. The van der Waals surface area contributed by atoms with Crippen molar-refractivity contribution in [3.8, 4) is 0 Å². The first-order valence-electron chi connectivity index (χ1n) is 41.5. The van der Waals surface area contributed by atoms with E-state index in [-0.39, 0.29) is 18.9 Å². The van der Waals surface area contributed by atoms with Crippen molar-refractivity contribution >= 4 is 5.91 Å². The fourth-order valence-corrected chi connectivity index (χ4v) is 13.3. The summed E-state index contributed by atoms with van der Waals surface area (Å²) >= 11 is 0. The van der Waals surface area contributed by atoms with E-state index in [0.29, 0.717) is 6.42 Å². The lowest BCUT2D eigenvalue weighted by molar-refractivity contribution is -0.359. The molecule has 100 heavy (non-hydrogen) atoms. The van der Waals surface area contributed by atoms with Crippen LogP contribution in [0.3, 0.4) is 0 Å². The van der Waals surface area contributed by atoms with Crippen molar-refractivity contribution in [2.75, 3.05) is 19.8 Å². The molecule has 9 N–H and O–H groups in total. The number of amides is 1. The van der Waals surface area contributed by atoms with Crippen LogP contribution in [-0.2, 0) is 23.7 Å². The Labute approximate surface area is 611 Å². The van der Waals surface area contributed by atoms with Crippen molar-refractivity contribution in [1.29, 1.82) is 0 Å². The molecule has 0 bridgehead atoms. The average molecular weight is 1410 g/mol. The van der Waals surface area contributed by atoms with Gasteiger partial charge >= 0.3 is 0 Å². The number of carbonyl (C=O) groups is 1. The Morgan fingerprint density at radius 1 is 0.370 bits per heavy atom. The maximum atomic E-state index is 13.4. The molecule has 2 heterocycles. The molecule has 0 radical (unpaired) electrons. The summed E-state index contributed by atoms with van der Waals surface area (Å²) in [6.45, 7) is 2.73. The van der Waals surface area contributed by atoms with Gasteiger partial charge in [-0.05, 0) is 77.0 Å². The molecule has 0 saturated carbocycles. The van der Waals surface area contributed by atoms with Crippen LogP contribution >= 0.6 is 0 Å². The molecule has 0 aromatic carbocycles. The van der Waals surface area contributed by atoms with Gasteiger partial charge in [-0.3, -0.25) is 4.79 Å². The molecule has 0 aliphatic carbocycles. The maximum absolute atomic E-state index is 13.4. The fraction of sp³-hybridized carbons (Fsp3) is 0.802. The van der Waals surface area contributed by atoms with E-state index in [1.165, 1.54) is 238 Å².